The van der Waals surface area contributed by atoms with Crippen LogP contribution in [-0.2, 0) is 25.7 Å². The number of nitrogens with zero attached hydrogens (tertiary/aromatic N) is 1. The topological polar surface area (TPSA) is 129 Å². The van der Waals surface area contributed by atoms with E-state index in [-0.39, 0.29) is 30.8 Å². The first kappa shape index (κ1) is 28.8. The van der Waals surface area contributed by atoms with Crippen molar-refractivity contribution >= 4 is 29.2 Å². The second kappa shape index (κ2) is 11.3. The average molecular weight is 528 g/mol. The van der Waals surface area contributed by atoms with E-state index in [2.05, 4.69) is 4.98 Å². The second-order valence-corrected chi connectivity index (χ2v) is 11.9. The van der Waals surface area contributed by atoms with Crippen molar-refractivity contribution in [2.24, 2.45) is 17.3 Å². The highest BCUT2D eigenvalue weighted by Crippen LogP contribution is 2.45. The Hall–Kier alpha value is -1.72. The van der Waals surface area contributed by atoms with Crippen molar-refractivity contribution in [3.8, 4) is 0 Å². The zero-order valence-corrected chi connectivity index (χ0v) is 22.4. The lowest BCUT2D eigenvalue weighted by molar-refractivity contribution is -0.155. The zero-order chi connectivity index (χ0) is 26.8. The Bertz CT molecular complexity index is 979. The number of aliphatic hydroxyl groups excluding tert-OH is 3. The molecular formula is C26H38FNO7S. The number of halogens is 1. The number of esters is 1. The van der Waals surface area contributed by atoms with E-state index >= 15 is 4.39 Å². The fourth-order valence-electron chi connectivity index (χ4n) is 4.88. The van der Waals surface area contributed by atoms with E-state index in [1.165, 1.54) is 31.3 Å². The van der Waals surface area contributed by atoms with Crippen LogP contribution in [0.25, 0.3) is 6.08 Å². The molecule has 10 heteroatoms. The van der Waals surface area contributed by atoms with Gasteiger partial charge in [0.15, 0.2) is 6.10 Å². The minimum absolute atomic E-state index is 0.0925. The summed E-state index contributed by atoms with van der Waals surface area (Å²) >= 11 is 1.19. The molecule has 1 aromatic heterocycles. The third kappa shape index (κ3) is 6.58. The van der Waals surface area contributed by atoms with Crippen LogP contribution in [-0.4, -0.2) is 62.1 Å². The minimum Gasteiger partial charge on any atom is -0.455 e. The highest BCUT2D eigenvalue weighted by atomic mass is 32.1. The number of aliphatic hydroxyl groups is 3. The van der Waals surface area contributed by atoms with Crippen LogP contribution in [0.1, 0.15) is 77.4 Å². The quantitative estimate of drug-likeness (QED) is 0.402. The van der Waals surface area contributed by atoms with Crippen molar-refractivity contribution in [1.82, 2.24) is 4.98 Å². The van der Waals surface area contributed by atoms with Crippen molar-refractivity contribution in [3.63, 3.8) is 0 Å². The van der Waals surface area contributed by atoms with E-state index < -0.39 is 53.5 Å². The molecule has 202 valence electrons. The molecule has 3 heterocycles. The maximum Gasteiger partial charge on any atom is 0.309 e. The molecule has 0 amide bonds. The number of carbonyl (C=O) groups excluding carboxylic acids is 2. The fraction of sp³-hybridized carbons (Fsp3) is 0.731. The number of carbonyl (C=O) groups is 2. The number of ether oxygens (including phenoxy) is 2. The summed E-state index contributed by atoms with van der Waals surface area (Å²) in [6.07, 6.45) is -0.982. The molecule has 0 spiro atoms. The lowest BCUT2D eigenvalue weighted by Crippen LogP contribution is -2.45. The molecule has 8 nitrogen and oxygen atoms in total. The number of cyclic esters (lactones) is 1. The molecule has 0 bridgehead atoms. The van der Waals surface area contributed by atoms with Crippen LogP contribution < -0.4 is 0 Å². The molecule has 0 radical (unpaired) electrons. The number of ketones is 1. The Kier molecular flexibility index (Phi) is 9.09. The monoisotopic (exact) mass is 527 g/mol. The number of aromatic nitrogens is 1. The predicted octanol–water partition coefficient (Wildman–Crippen LogP) is 3.57. The van der Waals surface area contributed by atoms with Crippen LogP contribution in [0.5, 0.6) is 0 Å². The number of Topliss-reactive ketones (excluding diaryl/α,β-unsaturated/α-hetero) is 1. The highest BCUT2D eigenvalue weighted by Gasteiger charge is 2.53. The Morgan fingerprint density at radius 1 is 1.28 bits per heavy atom. The zero-order valence-electron chi connectivity index (χ0n) is 21.6. The van der Waals surface area contributed by atoms with Crippen molar-refractivity contribution in [2.45, 2.75) is 103 Å². The summed E-state index contributed by atoms with van der Waals surface area (Å²) in [5.41, 5.74) is -1.52. The third-order valence-corrected chi connectivity index (χ3v) is 8.56. The van der Waals surface area contributed by atoms with Crippen LogP contribution >= 0.6 is 11.3 Å². The summed E-state index contributed by atoms with van der Waals surface area (Å²) in [5.74, 6) is -2.79. The molecule has 2 saturated heterocycles. The van der Waals surface area contributed by atoms with E-state index in [4.69, 9.17) is 9.47 Å². The Labute approximate surface area is 215 Å². The number of hydrogen-bond donors (Lipinski definition) is 3. The first-order valence-electron chi connectivity index (χ1n) is 12.5. The SMILES string of the molecule is C[C@H]1CCC[C@@]2(C)O[C@H]2C[C@@H](/C(F)=C/c2csc(CO)n2)OC(=O)C[C@H](O)C(C)(C)C(=O)[C@H](C)[C@H]1O. The first-order valence-corrected chi connectivity index (χ1v) is 13.4. The van der Waals surface area contributed by atoms with Gasteiger partial charge in [-0.3, -0.25) is 9.59 Å². The largest absolute Gasteiger partial charge is 0.455 e. The summed E-state index contributed by atoms with van der Waals surface area (Å²) in [5, 5.41) is 32.8. The summed E-state index contributed by atoms with van der Waals surface area (Å²) in [6, 6.07) is 0. The summed E-state index contributed by atoms with van der Waals surface area (Å²) in [7, 11) is 0. The molecule has 1 aromatic rings. The average Bonchev–Trinajstić information content (AvgIpc) is 3.23. The molecule has 2 aliphatic heterocycles. The van der Waals surface area contributed by atoms with Crippen LogP contribution in [0.3, 0.4) is 0 Å². The molecule has 36 heavy (non-hydrogen) atoms. The van der Waals surface area contributed by atoms with Gasteiger partial charge < -0.3 is 24.8 Å². The summed E-state index contributed by atoms with van der Waals surface area (Å²) in [4.78, 5) is 30.0. The molecule has 0 aromatic carbocycles. The number of fused-ring (bicyclic) bond motifs is 1. The molecule has 3 N–H and O–H groups in total. The Balaban J connectivity index is 1.85. The van der Waals surface area contributed by atoms with Gasteiger partial charge in [0.2, 0.25) is 0 Å². The molecule has 2 aliphatic rings. The molecule has 0 unspecified atom stereocenters. The van der Waals surface area contributed by atoms with Crippen molar-refractivity contribution in [3.05, 3.63) is 21.9 Å². The van der Waals surface area contributed by atoms with E-state index in [0.29, 0.717) is 23.5 Å². The molecule has 2 fully saturated rings. The van der Waals surface area contributed by atoms with Gasteiger partial charge in [-0.15, -0.1) is 11.3 Å². The first-order chi connectivity index (χ1) is 16.8. The Morgan fingerprint density at radius 3 is 2.61 bits per heavy atom. The van der Waals surface area contributed by atoms with E-state index in [9.17, 15) is 24.9 Å². The van der Waals surface area contributed by atoms with Gasteiger partial charge in [-0.05, 0) is 31.8 Å². The number of epoxide rings is 1. The smallest absolute Gasteiger partial charge is 0.309 e. The minimum atomic E-state index is -1.38. The fourth-order valence-corrected chi connectivity index (χ4v) is 5.49. The molecule has 7 atom stereocenters. The van der Waals surface area contributed by atoms with Crippen molar-refractivity contribution in [1.29, 1.82) is 0 Å². The van der Waals surface area contributed by atoms with Gasteiger partial charge in [0.1, 0.15) is 16.6 Å². The van der Waals surface area contributed by atoms with Gasteiger partial charge in [0, 0.05) is 17.7 Å². The van der Waals surface area contributed by atoms with Gasteiger partial charge >= 0.3 is 5.97 Å². The van der Waals surface area contributed by atoms with Crippen LogP contribution in [0.2, 0.25) is 0 Å². The van der Waals surface area contributed by atoms with Gasteiger partial charge in [-0.2, -0.15) is 0 Å². The predicted molar refractivity (Wildman–Crippen MR) is 132 cm³/mol. The van der Waals surface area contributed by atoms with Crippen molar-refractivity contribution in [2.75, 3.05) is 0 Å². The van der Waals surface area contributed by atoms with Crippen LogP contribution in [0.15, 0.2) is 11.2 Å². The lowest BCUT2D eigenvalue weighted by atomic mass is 9.73. The third-order valence-electron chi connectivity index (χ3n) is 7.70. The number of rotatable bonds is 3. The molecule has 0 aliphatic carbocycles. The maximum absolute atomic E-state index is 15.3. The number of hydrogen-bond acceptors (Lipinski definition) is 9. The van der Waals surface area contributed by atoms with E-state index in [1.807, 2.05) is 13.8 Å². The molecule has 3 rings (SSSR count). The summed E-state index contributed by atoms with van der Waals surface area (Å²) < 4.78 is 26.7. The van der Waals surface area contributed by atoms with Crippen molar-refractivity contribution < 1.29 is 38.8 Å². The molecular weight excluding hydrogens is 489 g/mol. The van der Waals surface area contributed by atoms with Crippen LogP contribution in [0, 0.1) is 17.3 Å². The summed E-state index contributed by atoms with van der Waals surface area (Å²) in [6.45, 7) is 8.27. The normalized spacial score (nSPS) is 36.8. The Morgan fingerprint density at radius 2 is 1.97 bits per heavy atom. The van der Waals surface area contributed by atoms with Crippen LogP contribution in [0.4, 0.5) is 4.39 Å². The molecule has 0 saturated carbocycles. The van der Waals surface area contributed by atoms with Gasteiger partial charge in [-0.1, -0.05) is 34.1 Å². The van der Waals surface area contributed by atoms with Gasteiger partial charge in [-0.25, -0.2) is 9.37 Å². The van der Waals surface area contributed by atoms with Gasteiger partial charge in [0.05, 0.1) is 48.0 Å². The maximum atomic E-state index is 15.3. The van der Waals surface area contributed by atoms with E-state index in [1.54, 1.807) is 12.3 Å². The van der Waals surface area contributed by atoms with E-state index in [0.717, 1.165) is 6.42 Å². The van der Waals surface area contributed by atoms with Gasteiger partial charge in [0.25, 0.3) is 0 Å². The highest BCUT2D eigenvalue weighted by molar-refractivity contribution is 7.09. The number of thiazole rings is 1. The lowest BCUT2D eigenvalue weighted by Gasteiger charge is -2.34. The standard InChI is InChI=1S/C26H38FNO7S/c1-14-7-6-8-26(5)20(35-26)10-18(17(27)9-16-13-36-21(12-29)28-16)34-22(31)11-19(30)25(3,4)24(33)15(2)23(14)32/h9,13-15,18-20,23,29-30,32H,6-8,10-12H2,1-5H3/b17-9-/t14-,15+,18-,19-,20-,23-,26+/m0/s1. The second-order valence-electron chi connectivity index (χ2n) is 10.9.